The first kappa shape index (κ1) is 24.7. The van der Waals surface area contributed by atoms with Crippen LogP contribution < -0.4 is 0 Å². The minimum atomic E-state index is -0.439. The SMILES string of the molecule is COC1CCN(CCc2ccc(N=C(c3ccccc3)c3c(O)[nH]c4ccc([N+](=O)[O-])cc34)cc2)CC1. The Morgan fingerprint density at radius 3 is 2.51 bits per heavy atom. The van der Waals surface area contributed by atoms with Gasteiger partial charge in [-0.2, -0.15) is 0 Å². The van der Waals surface area contributed by atoms with Crippen molar-refractivity contribution in [3.8, 4) is 5.88 Å². The van der Waals surface area contributed by atoms with Crippen molar-refractivity contribution in [2.75, 3.05) is 26.7 Å². The van der Waals surface area contributed by atoms with E-state index < -0.39 is 4.92 Å². The summed E-state index contributed by atoms with van der Waals surface area (Å²) in [4.78, 5) is 21.3. The van der Waals surface area contributed by atoms with E-state index in [1.54, 1.807) is 13.2 Å². The second-order valence-electron chi connectivity index (χ2n) is 9.36. The van der Waals surface area contributed by atoms with Crippen LogP contribution in [0.4, 0.5) is 11.4 Å². The van der Waals surface area contributed by atoms with E-state index in [1.165, 1.54) is 17.7 Å². The number of non-ortho nitro benzene ring substituents is 1. The molecule has 4 aromatic rings. The quantitative estimate of drug-likeness (QED) is 0.187. The molecule has 3 aromatic carbocycles. The number of fused-ring (bicyclic) bond motifs is 1. The Morgan fingerprint density at radius 1 is 1.11 bits per heavy atom. The fourth-order valence-electron chi connectivity index (χ4n) is 4.90. The number of nitro groups is 1. The molecule has 1 saturated heterocycles. The number of piperidine rings is 1. The van der Waals surface area contributed by atoms with Crippen LogP contribution in [0.25, 0.3) is 10.9 Å². The van der Waals surface area contributed by atoms with Crippen LogP contribution in [0.2, 0.25) is 0 Å². The van der Waals surface area contributed by atoms with Crippen molar-refractivity contribution in [3.05, 3.63) is 99.6 Å². The summed E-state index contributed by atoms with van der Waals surface area (Å²) < 4.78 is 5.47. The Bertz CT molecular complexity index is 1410. The van der Waals surface area contributed by atoms with Crippen molar-refractivity contribution in [2.24, 2.45) is 4.99 Å². The topological polar surface area (TPSA) is 104 Å². The number of ether oxygens (including phenoxy) is 1. The van der Waals surface area contributed by atoms with Gasteiger partial charge < -0.3 is 19.7 Å². The Labute approximate surface area is 215 Å². The Balaban J connectivity index is 1.43. The number of rotatable bonds is 8. The van der Waals surface area contributed by atoms with Crippen LogP contribution in [0.5, 0.6) is 5.88 Å². The molecule has 0 aliphatic carbocycles. The number of benzene rings is 3. The van der Waals surface area contributed by atoms with Crippen LogP contribution in [-0.2, 0) is 11.2 Å². The number of methoxy groups -OCH3 is 1. The highest BCUT2D eigenvalue weighted by Gasteiger charge is 2.21. The summed E-state index contributed by atoms with van der Waals surface area (Å²) in [6.07, 6.45) is 3.50. The van der Waals surface area contributed by atoms with Crippen LogP contribution in [0, 0.1) is 10.1 Å². The van der Waals surface area contributed by atoms with Crippen molar-refractivity contribution in [2.45, 2.75) is 25.4 Å². The van der Waals surface area contributed by atoms with Gasteiger partial charge in [0.1, 0.15) is 0 Å². The summed E-state index contributed by atoms with van der Waals surface area (Å²) in [6, 6.07) is 22.2. The molecule has 37 heavy (non-hydrogen) atoms. The monoisotopic (exact) mass is 498 g/mol. The van der Waals surface area contributed by atoms with Crippen molar-refractivity contribution in [1.29, 1.82) is 0 Å². The first-order chi connectivity index (χ1) is 18.0. The van der Waals surface area contributed by atoms with Gasteiger partial charge in [0.25, 0.3) is 5.69 Å². The van der Waals surface area contributed by atoms with E-state index in [2.05, 4.69) is 22.0 Å². The lowest BCUT2D eigenvalue weighted by Crippen LogP contribution is -2.37. The average molecular weight is 499 g/mol. The maximum Gasteiger partial charge on any atom is 0.270 e. The van der Waals surface area contributed by atoms with Crippen molar-refractivity contribution < 1.29 is 14.8 Å². The highest BCUT2D eigenvalue weighted by Crippen LogP contribution is 2.33. The van der Waals surface area contributed by atoms with Crippen molar-refractivity contribution in [3.63, 3.8) is 0 Å². The number of aromatic hydroxyl groups is 1. The largest absolute Gasteiger partial charge is 0.494 e. The average Bonchev–Trinajstić information content (AvgIpc) is 3.26. The number of hydrogen-bond acceptors (Lipinski definition) is 6. The van der Waals surface area contributed by atoms with Gasteiger partial charge >= 0.3 is 0 Å². The van der Waals surface area contributed by atoms with E-state index in [0.717, 1.165) is 50.1 Å². The molecule has 2 heterocycles. The van der Waals surface area contributed by atoms with Gasteiger partial charge in [0.2, 0.25) is 0 Å². The summed E-state index contributed by atoms with van der Waals surface area (Å²) in [5.74, 6) is -0.0769. The van der Waals surface area contributed by atoms with Gasteiger partial charge in [-0.25, -0.2) is 4.99 Å². The molecule has 5 rings (SSSR count). The summed E-state index contributed by atoms with van der Waals surface area (Å²) in [5.41, 5.74) is 4.31. The summed E-state index contributed by atoms with van der Waals surface area (Å²) in [7, 11) is 1.79. The minimum absolute atomic E-state index is 0.0454. The lowest BCUT2D eigenvalue weighted by molar-refractivity contribution is -0.384. The van der Waals surface area contributed by atoms with Gasteiger partial charge in [0.05, 0.1) is 28.0 Å². The molecule has 0 saturated carbocycles. The van der Waals surface area contributed by atoms with Crippen molar-refractivity contribution in [1.82, 2.24) is 9.88 Å². The lowest BCUT2D eigenvalue weighted by Gasteiger charge is -2.31. The number of hydrogen-bond donors (Lipinski definition) is 2. The van der Waals surface area contributed by atoms with Crippen LogP contribution >= 0.6 is 0 Å². The molecule has 0 amide bonds. The maximum absolute atomic E-state index is 11.4. The smallest absolute Gasteiger partial charge is 0.270 e. The lowest BCUT2D eigenvalue weighted by atomic mass is 10.0. The second-order valence-corrected chi connectivity index (χ2v) is 9.36. The molecule has 1 fully saturated rings. The van der Waals surface area contributed by atoms with E-state index in [-0.39, 0.29) is 11.6 Å². The fourth-order valence-corrected chi connectivity index (χ4v) is 4.90. The Hall–Kier alpha value is -4.01. The van der Waals surface area contributed by atoms with E-state index in [4.69, 9.17) is 9.73 Å². The number of aliphatic imine (C=N–C) groups is 1. The Kier molecular flexibility index (Phi) is 7.30. The van der Waals surface area contributed by atoms with E-state index in [0.29, 0.717) is 28.3 Å². The normalized spacial score (nSPS) is 15.3. The maximum atomic E-state index is 11.4. The number of aromatic nitrogens is 1. The molecule has 0 bridgehead atoms. The summed E-state index contributed by atoms with van der Waals surface area (Å²) >= 11 is 0. The zero-order valence-electron chi connectivity index (χ0n) is 20.8. The standard InChI is InChI=1S/C29H30N4O4/c1-37-24-14-17-32(18-15-24)16-13-20-7-9-22(10-8-20)30-28(21-5-3-2-4-6-21)27-25-19-23(33(35)36)11-12-26(25)31-29(27)34/h2-12,19,24,31,34H,13-18H2,1H3. The molecule has 0 spiro atoms. The number of H-pyrrole nitrogens is 1. The van der Waals surface area contributed by atoms with Crippen LogP contribution in [-0.4, -0.2) is 58.5 Å². The Morgan fingerprint density at radius 2 is 1.84 bits per heavy atom. The first-order valence-electron chi connectivity index (χ1n) is 12.5. The zero-order chi connectivity index (χ0) is 25.8. The van der Waals surface area contributed by atoms with Crippen LogP contribution in [0.15, 0.2) is 77.8 Å². The molecule has 1 aromatic heterocycles. The number of nitrogens with one attached hydrogen (secondary N) is 1. The highest BCUT2D eigenvalue weighted by atomic mass is 16.6. The molecule has 190 valence electrons. The molecule has 1 aliphatic heterocycles. The molecule has 2 N–H and O–H groups in total. The van der Waals surface area contributed by atoms with Gasteiger partial charge in [-0.1, -0.05) is 42.5 Å². The summed E-state index contributed by atoms with van der Waals surface area (Å²) in [5, 5.41) is 22.8. The third-order valence-corrected chi connectivity index (χ3v) is 7.02. The van der Waals surface area contributed by atoms with Crippen molar-refractivity contribution >= 4 is 28.0 Å². The molecule has 0 unspecified atom stereocenters. The molecular weight excluding hydrogens is 468 g/mol. The number of nitro benzene ring substituents is 1. The van der Waals surface area contributed by atoms with Gasteiger partial charge in [0.15, 0.2) is 5.88 Å². The summed E-state index contributed by atoms with van der Waals surface area (Å²) in [6.45, 7) is 3.14. The number of aromatic amines is 1. The van der Waals surface area contributed by atoms with E-state index in [9.17, 15) is 15.2 Å². The van der Waals surface area contributed by atoms with Gasteiger partial charge in [-0.3, -0.25) is 10.1 Å². The second kappa shape index (κ2) is 10.9. The molecule has 0 radical (unpaired) electrons. The third-order valence-electron chi connectivity index (χ3n) is 7.02. The molecule has 0 atom stereocenters. The number of likely N-dealkylation sites (tertiary alicyclic amines) is 1. The molecule has 8 nitrogen and oxygen atoms in total. The van der Waals surface area contributed by atoms with E-state index >= 15 is 0 Å². The van der Waals surface area contributed by atoms with Gasteiger partial charge in [-0.15, -0.1) is 0 Å². The molecule has 8 heteroatoms. The van der Waals surface area contributed by atoms with E-state index in [1.807, 2.05) is 42.5 Å². The minimum Gasteiger partial charge on any atom is -0.494 e. The molecule has 1 aliphatic rings. The molecular formula is C29H30N4O4. The fraction of sp³-hybridized carbons (Fsp3) is 0.276. The highest BCUT2D eigenvalue weighted by molar-refractivity contribution is 6.22. The number of nitrogens with zero attached hydrogens (tertiary/aromatic N) is 3. The van der Waals surface area contributed by atoms with Crippen LogP contribution in [0.1, 0.15) is 29.5 Å². The van der Waals surface area contributed by atoms with Gasteiger partial charge in [0, 0.05) is 55.3 Å². The van der Waals surface area contributed by atoms with Crippen LogP contribution in [0.3, 0.4) is 0 Å². The first-order valence-corrected chi connectivity index (χ1v) is 12.5. The third kappa shape index (κ3) is 5.55. The predicted octanol–water partition coefficient (Wildman–Crippen LogP) is 5.60. The predicted molar refractivity (Wildman–Crippen MR) is 145 cm³/mol. The van der Waals surface area contributed by atoms with Gasteiger partial charge in [-0.05, 0) is 43.0 Å². The zero-order valence-corrected chi connectivity index (χ0v) is 20.8.